The fourth-order valence-corrected chi connectivity index (χ4v) is 0.690. The molecule has 0 aliphatic carbocycles. The molecule has 0 saturated carbocycles. The van der Waals surface area contributed by atoms with Gasteiger partial charge in [0.05, 0.1) is 6.61 Å². The SMILES string of the molecule is O=CO[P+](=O)OCC(O)CO. The van der Waals surface area contributed by atoms with Crippen LogP contribution in [0.25, 0.3) is 0 Å². The predicted molar refractivity (Wildman–Crippen MR) is 33.8 cm³/mol. The Balaban J connectivity index is 3.37. The molecule has 64 valence electrons. The van der Waals surface area contributed by atoms with E-state index in [0.717, 1.165) is 0 Å². The Labute approximate surface area is 63.7 Å². The molecular weight excluding hydrogens is 175 g/mol. The second-order valence-corrected chi connectivity index (χ2v) is 2.47. The summed E-state index contributed by atoms with van der Waals surface area (Å²) in [7, 11) is -2.51. The molecule has 0 fully saturated rings. The van der Waals surface area contributed by atoms with Crippen LogP contribution in [-0.2, 0) is 18.4 Å². The molecule has 7 heteroatoms. The van der Waals surface area contributed by atoms with Gasteiger partial charge in [0.1, 0.15) is 12.7 Å². The summed E-state index contributed by atoms with van der Waals surface area (Å²) in [5, 5.41) is 16.9. The second kappa shape index (κ2) is 6.18. The molecule has 0 aromatic heterocycles. The first-order valence-corrected chi connectivity index (χ1v) is 3.79. The van der Waals surface area contributed by atoms with E-state index in [1.807, 2.05) is 0 Å². The molecule has 2 unspecified atom stereocenters. The Morgan fingerprint density at radius 3 is 2.73 bits per heavy atom. The quantitative estimate of drug-likeness (QED) is 0.413. The Morgan fingerprint density at radius 1 is 1.64 bits per heavy atom. The molecule has 0 radical (unpaired) electrons. The molecule has 0 aliphatic rings. The summed E-state index contributed by atoms with van der Waals surface area (Å²) in [6.45, 7) is -0.853. The van der Waals surface area contributed by atoms with E-state index in [-0.39, 0.29) is 13.1 Å². The predicted octanol–water partition coefficient (Wildman–Crippen LogP) is -0.813. The molecule has 0 aliphatic heterocycles. The first kappa shape index (κ1) is 10.4. The molecule has 0 aromatic rings. The highest BCUT2D eigenvalue weighted by Crippen LogP contribution is 2.21. The minimum Gasteiger partial charge on any atom is -0.394 e. The van der Waals surface area contributed by atoms with Crippen molar-refractivity contribution in [1.29, 1.82) is 0 Å². The summed E-state index contributed by atoms with van der Waals surface area (Å²) >= 11 is 0. The lowest BCUT2D eigenvalue weighted by Crippen LogP contribution is -2.17. The average Bonchev–Trinajstić information content (AvgIpc) is 2.01. The van der Waals surface area contributed by atoms with Crippen LogP contribution in [-0.4, -0.2) is 36.0 Å². The van der Waals surface area contributed by atoms with E-state index in [4.69, 9.17) is 10.2 Å². The van der Waals surface area contributed by atoms with Gasteiger partial charge in [0.25, 0.3) is 0 Å². The first-order valence-electron chi connectivity index (χ1n) is 2.70. The zero-order valence-electron chi connectivity index (χ0n) is 5.54. The molecule has 0 rings (SSSR count). The minimum absolute atomic E-state index is 0.0238. The van der Waals surface area contributed by atoms with Crippen molar-refractivity contribution < 1.29 is 28.6 Å². The van der Waals surface area contributed by atoms with Gasteiger partial charge in [-0.05, 0) is 0 Å². The first-order chi connectivity index (χ1) is 5.20. The van der Waals surface area contributed by atoms with Crippen LogP contribution in [0, 0.1) is 0 Å². The van der Waals surface area contributed by atoms with Gasteiger partial charge in [0, 0.05) is 4.57 Å². The zero-order valence-corrected chi connectivity index (χ0v) is 6.44. The van der Waals surface area contributed by atoms with E-state index in [1.54, 1.807) is 0 Å². The van der Waals surface area contributed by atoms with Crippen molar-refractivity contribution in [3.63, 3.8) is 0 Å². The summed E-state index contributed by atoms with van der Waals surface area (Å²) < 4.78 is 18.5. The zero-order chi connectivity index (χ0) is 8.69. The van der Waals surface area contributed by atoms with E-state index in [2.05, 4.69) is 9.05 Å². The van der Waals surface area contributed by atoms with Crippen LogP contribution in [0.4, 0.5) is 0 Å². The number of hydrogen-bond donors (Lipinski definition) is 2. The summed E-state index contributed by atoms with van der Waals surface area (Å²) in [6, 6.07) is 0. The van der Waals surface area contributed by atoms with Gasteiger partial charge in [-0.15, -0.1) is 4.52 Å². The Morgan fingerprint density at radius 2 is 2.27 bits per heavy atom. The van der Waals surface area contributed by atoms with Gasteiger partial charge in [-0.25, -0.2) is 0 Å². The maximum Gasteiger partial charge on any atom is 0.752 e. The van der Waals surface area contributed by atoms with Gasteiger partial charge in [-0.2, -0.15) is 4.52 Å². The molecule has 0 spiro atoms. The highest BCUT2D eigenvalue weighted by atomic mass is 31.1. The van der Waals surface area contributed by atoms with Gasteiger partial charge in [-0.1, -0.05) is 0 Å². The normalized spacial score (nSPS) is 13.8. The van der Waals surface area contributed by atoms with Crippen molar-refractivity contribution >= 4 is 14.7 Å². The number of hydrogen-bond acceptors (Lipinski definition) is 6. The lowest BCUT2D eigenvalue weighted by molar-refractivity contribution is -0.121. The molecule has 0 aromatic carbocycles. The van der Waals surface area contributed by atoms with Crippen LogP contribution < -0.4 is 0 Å². The standard InChI is InChI=1S/C4H8O6P/c5-1-4(7)2-9-11(8)10-3-6/h3-5,7H,1-2H2/q+1. The lowest BCUT2D eigenvalue weighted by atomic mass is 10.4. The van der Waals surface area contributed by atoms with E-state index in [9.17, 15) is 9.36 Å². The molecule has 0 bridgehead atoms. The van der Waals surface area contributed by atoms with Crippen LogP contribution in [0.5, 0.6) is 0 Å². The van der Waals surface area contributed by atoms with Crippen molar-refractivity contribution in [2.45, 2.75) is 6.10 Å². The Kier molecular flexibility index (Phi) is 5.87. The third-order valence-electron chi connectivity index (χ3n) is 0.712. The van der Waals surface area contributed by atoms with Crippen molar-refractivity contribution in [1.82, 2.24) is 0 Å². The van der Waals surface area contributed by atoms with Crippen LogP contribution in [0.2, 0.25) is 0 Å². The van der Waals surface area contributed by atoms with Crippen LogP contribution >= 0.6 is 8.25 Å². The highest BCUT2D eigenvalue weighted by Gasteiger charge is 2.21. The molecule has 2 N–H and O–H groups in total. The molecule has 0 heterocycles. The average molecular weight is 183 g/mol. The van der Waals surface area contributed by atoms with Gasteiger partial charge in [0.2, 0.25) is 0 Å². The highest BCUT2D eigenvalue weighted by molar-refractivity contribution is 7.33. The molecule has 0 amide bonds. The summed E-state index contributed by atoms with van der Waals surface area (Å²) in [6.07, 6.45) is -1.11. The Bertz CT molecular complexity index is 137. The summed E-state index contributed by atoms with van der Waals surface area (Å²) in [4.78, 5) is 9.53. The lowest BCUT2D eigenvalue weighted by Gasteiger charge is -1.98. The van der Waals surface area contributed by atoms with Crippen molar-refractivity contribution in [3.05, 3.63) is 0 Å². The fraction of sp³-hybridized carbons (Fsp3) is 0.750. The minimum atomic E-state index is -2.51. The van der Waals surface area contributed by atoms with Gasteiger partial charge >= 0.3 is 14.7 Å². The molecule has 11 heavy (non-hydrogen) atoms. The molecule has 2 atom stereocenters. The third kappa shape index (κ3) is 5.87. The van der Waals surface area contributed by atoms with Gasteiger partial charge < -0.3 is 10.2 Å². The molecule has 0 saturated heterocycles. The van der Waals surface area contributed by atoms with E-state index in [0.29, 0.717) is 0 Å². The maximum atomic E-state index is 10.3. The van der Waals surface area contributed by atoms with Gasteiger partial charge in [0.15, 0.2) is 0 Å². The number of carbonyl (C=O) groups is 1. The summed E-state index contributed by atoms with van der Waals surface area (Å²) in [5.41, 5.74) is 0. The topological polar surface area (TPSA) is 93.1 Å². The number of rotatable bonds is 6. The van der Waals surface area contributed by atoms with E-state index >= 15 is 0 Å². The smallest absolute Gasteiger partial charge is 0.394 e. The monoisotopic (exact) mass is 183 g/mol. The van der Waals surface area contributed by atoms with Crippen LogP contribution in [0.1, 0.15) is 0 Å². The number of aliphatic hydroxyl groups is 2. The van der Waals surface area contributed by atoms with Crippen LogP contribution in [0.3, 0.4) is 0 Å². The number of aliphatic hydroxyl groups excluding tert-OH is 2. The maximum absolute atomic E-state index is 10.3. The fourth-order valence-electron chi connectivity index (χ4n) is 0.265. The third-order valence-corrected chi connectivity index (χ3v) is 1.33. The van der Waals surface area contributed by atoms with Crippen molar-refractivity contribution in [2.75, 3.05) is 13.2 Å². The van der Waals surface area contributed by atoms with Gasteiger partial charge in [-0.3, -0.25) is 4.79 Å². The van der Waals surface area contributed by atoms with Crippen molar-refractivity contribution in [3.8, 4) is 0 Å². The summed E-state index contributed by atoms with van der Waals surface area (Å²) in [5.74, 6) is 0. The van der Waals surface area contributed by atoms with E-state index < -0.39 is 21.0 Å². The second-order valence-electron chi connectivity index (χ2n) is 1.56. The number of carbonyl (C=O) groups excluding carboxylic acids is 1. The van der Waals surface area contributed by atoms with Crippen LogP contribution in [0.15, 0.2) is 0 Å². The molecular formula is C4H8O6P+. The van der Waals surface area contributed by atoms with E-state index in [1.165, 1.54) is 0 Å². The van der Waals surface area contributed by atoms with Crippen molar-refractivity contribution in [2.24, 2.45) is 0 Å². The molecule has 6 nitrogen and oxygen atoms in total. The largest absolute Gasteiger partial charge is 0.752 e. The Hall–Kier alpha value is -0.550.